The highest BCUT2D eigenvalue weighted by atomic mass is 16.6. The monoisotopic (exact) mass is 262 g/mol. The Bertz CT molecular complexity index is 503. The second kappa shape index (κ2) is 4.72. The zero-order valence-electron chi connectivity index (χ0n) is 11.0. The average Bonchev–Trinajstić information content (AvgIpc) is 3.00. The van der Waals surface area contributed by atoms with Gasteiger partial charge in [-0.25, -0.2) is 0 Å². The summed E-state index contributed by atoms with van der Waals surface area (Å²) in [6.07, 6.45) is 5.13. The van der Waals surface area contributed by atoms with E-state index in [4.69, 9.17) is 4.74 Å². The van der Waals surface area contributed by atoms with E-state index in [0.717, 1.165) is 17.5 Å². The highest BCUT2D eigenvalue weighted by Gasteiger charge is 2.39. The predicted octanol–water partition coefficient (Wildman–Crippen LogP) is 3.20. The van der Waals surface area contributed by atoms with Crippen molar-refractivity contribution in [2.24, 2.45) is 11.8 Å². The molecule has 2 fully saturated rings. The summed E-state index contributed by atoms with van der Waals surface area (Å²) in [4.78, 5) is 10.5. The van der Waals surface area contributed by atoms with Gasteiger partial charge in [0.15, 0.2) is 0 Å². The number of non-ortho nitro benzene ring substituents is 1. The smallest absolute Gasteiger partial charge is 0.275 e. The molecule has 0 radical (unpaired) electrons. The molecule has 0 aromatic heterocycles. The Balaban J connectivity index is 1.80. The Morgan fingerprint density at radius 2 is 2.16 bits per heavy atom. The summed E-state index contributed by atoms with van der Waals surface area (Å²) in [5.74, 6) is 2.11. The van der Waals surface area contributed by atoms with Gasteiger partial charge in [0.25, 0.3) is 5.69 Å². The molecule has 2 aliphatic carbocycles. The van der Waals surface area contributed by atoms with Gasteiger partial charge >= 0.3 is 0 Å². The minimum absolute atomic E-state index is 0.0741. The van der Waals surface area contributed by atoms with E-state index < -0.39 is 0 Å². The third kappa shape index (κ3) is 2.37. The first kappa shape index (κ1) is 12.3. The molecule has 5 heteroatoms. The molecule has 3 unspecified atom stereocenters. The second-order valence-electron chi connectivity index (χ2n) is 5.60. The molecule has 1 aromatic carbocycles. The van der Waals surface area contributed by atoms with E-state index in [9.17, 15) is 10.1 Å². The van der Waals surface area contributed by atoms with Crippen LogP contribution in [0.2, 0.25) is 0 Å². The minimum atomic E-state index is -0.380. The molecule has 2 bridgehead atoms. The lowest BCUT2D eigenvalue weighted by Crippen LogP contribution is -2.25. The molecular formula is C14H18N2O3. The maximum atomic E-state index is 10.9. The Labute approximate surface area is 112 Å². The Hall–Kier alpha value is -1.78. The normalized spacial score (nSPS) is 28.4. The van der Waals surface area contributed by atoms with Crippen molar-refractivity contribution in [1.82, 2.24) is 0 Å². The fraction of sp³-hybridized carbons (Fsp3) is 0.571. The summed E-state index contributed by atoms with van der Waals surface area (Å²) in [6.45, 7) is 0. The lowest BCUT2D eigenvalue weighted by molar-refractivity contribution is -0.384. The Morgan fingerprint density at radius 1 is 1.32 bits per heavy atom. The number of nitrogens with zero attached hydrogens (tertiary/aromatic N) is 1. The van der Waals surface area contributed by atoms with Crippen LogP contribution < -0.4 is 10.1 Å². The highest BCUT2D eigenvalue weighted by molar-refractivity contribution is 5.57. The summed E-state index contributed by atoms with van der Waals surface area (Å²) >= 11 is 0. The lowest BCUT2D eigenvalue weighted by atomic mass is 9.95. The molecule has 1 aromatic rings. The molecule has 3 atom stereocenters. The van der Waals surface area contributed by atoms with E-state index in [2.05, 4.69) is 5.32 Å². The predicted molar refractivity (Wildman–Crippen MR) is 72.5 cm³/mol. The number of nitro groups is 1. The quantitative estimate of drug-likeness (QED) is 0.668. The summed E-state index contributed by atoms with van der Waals surface area (Å²) in [5.41, 5.74) is 0.869. The van der Waals surface area contributed by atoms with Gasteiger partial charge in [0.1, 0.15) is 5.75 Å². The second-order valence-corrected chi connectivity index (χ2v) is 5.60. The molecule has 0 spiro atoms. The third-order valence-electron chi connectivity index (χ3n) is 4.43. The Kier molecular flexibility index (Phi) is 3.05. The average molecular weight is 262 g/mol. The van der Waals surface area contributed by atoms with Crippen LogP contribution in [0.5, 0.6) is 5.75 Å². The van der Waals surface area contributed by atoms with Crippen molar-refractivity contribution in [1.29, 1.82) is 0 Å². The molecule has 0 aliphatic heterocycles. The molecule has 102 valence electrons. The number of benzene rings is 1. The number of ether oxygens (including phenoxy) is 1. The maximum absolute atomic E-state index is 10.9. The zero-order valence-corrected chi connectivity index (χ0v) is 11.0. The van der Waals surface area contributed by atoms with Gasteiger partial charge < -0.3 is 10.1 Å². The van der Waals surface area contributed by atoms with Crippen molar-refractivity contribution in [2.75, 3.05) is 12.4 Å². The number of hydrogen-bond donors (Lipinski definition) is 1. The number of methoxy groups -OCH3 is 1. The van der Waals surface area contributed by atoms with E-state index in [1.807, 2.05) is 6.07 Å². The number of nitro benzene ring substituents is 1. The van der Waals surface area contributed by atoms with Gasteiger partial charge in [-0.1, -0.05) is 6.42 Å². The van der Waals surface area contributed by atoms with E-state index in [1.54, 1.807) is 6.07 Å². The maximum Gasteiger partial charge on any atom is 0.275 e. The summed E-state index contributed by atoms with van der Waals surface area (Å²) in [6, 6.07) is 5.34. The molecule has 0 saturated heterocycles. The molecule has 19 heavy (non-hydrogen) atoms. The van der Waals surface area contributed by atoms with Gasteiger partial charge in [-0.05, 0) is 31.1 Å². The third-order valence-corrected chi connectivity index (χ3v) is 4.43. The first-order valence-electron chi connectivity index (χ1n) is 6.75. The van der Waals surface area contributed by atoms with E-state index in [-0.39, 0.29) is 10.6 Å². The van der Waals surface area contributed by atoms with Crippen LogP contribution in [0.3, 0.4) is 0 Å². The van der Waals surface area contributed by atoms with Crippen molar-refractivity contribution < 1.29 is 9.66 Å². The van der Waals surface area contributed by atoms with Gasteiger partial charge in [0, 0.05) is 23.9 Å². The van der Waals surface area contributed by atoms with Crippen LogP contribution in [0.1, 0.15) is 25.7 Å². The van der Waals surface area contributed by atoms with Crippen molar-refractivity contribution in [2.45, 2.75) is 31.7 Å². The first-order chi connectivity index (χ1) is 9.15. The lowest BCUT2D eigenvalue weighted by Gasteiger charge is -2.24. The molecule has 3 rings (SSSR count). The van der Waals surface area contributed by atoms with Crippen molar-refractivity contribution in [3.8, 4) is 5.75 Å². The molecule has 0 heterocycles. The topological polar surface area (TPSA) is 64.4 Å². The van der Waals surface area contributed by atoms with Crippen LogP contribution in [0.25, 0.3) is 0 Å². The van der Waals surface area contributed by atoms with Gasteiger partial charge in [0.2, 0.25) is 0 Å². The minimum Gasteiger partial charge on any atom is -0.496 e. The molecule has 1 N–H and O–H groups in total. The number of anilines is 1. The van der Waals surface area contributed by atoms with Gasteiger partial charge in [0.05, 0.1) is 18.1 Å². The highest BCUT2D eigenvalue weighted by Crippen LogP contribution is 2.45. The number of fused-ring (bicyclic) bond motifs is 2. The largest absolute Gasteiger partial charge is 0.496 e. The summed E-state index contributed by atoms with van der Waals surface area (Å²) < 4.78 is 5.13. The summed E-state index contributed by atoms with van der Waals surface area (Å²) in [5, 5.41) is 14.4. The van der Waals surface area contributed by atoms with Crippen molar-refractivity contribution in [3.05, 3.63) is 28.3 Å². The van der Waals surface area contributed by atoms with E-state index >= 15 is 0 Å². The van der Waals surface area contributed by atoms with Crippen LogP contribution in [0, 0.1) is 22.0 Å². The molecule has 0 amide bonds. The first-order valence-corrected chi connectivity index (χ1v) is 6.75. The van der Waals surface area contributed by atoms with Gasteiger partial charge in [-0.3, -0.25) is 10.1 Å². The van der Waals surface area contributed by atoms with Gasteiger partial charge in [-0.15, -0.1) is 0 Å². The van der Waals surface area contributed by atoms with E-state index in [0.29, 0.717) is 11.8 Å². The SMILES string of the molecule is COc1cc(NC2CC3CCC2C3)cc([N+](=O)[O-])c1. The van der Waals surface area contributed by atoms with Crippen LogP contribution in [0.15, 0.2) is 18.2 Å². The Morgan fingerprint density at radius 3 is 2.74 bits per heavy atom. The van der Waals surface area contributed by atoms with Crippen LogP contribution in [-0.4, -0.2) is 18.1 Å². The van der Waals surface area contributed by atoms with Crippen LogP contribution in [0.4, 0.5) is 11.4 Å². The van der Waals surface area contributed by atoms with Crippen molar-refractivity contribution in [3.63, 3.8) is 0 Å². The van der Waals surface area contributed by atoms with Crippen LogP contribution >= 0.6 is 0 Å². The van der Waals surface area contributed by atoms with E-state index in [1.165, 1.54) is 38.9 Å². The molecule has 5 nitrogen and oxygen atoms in total. The van der Waals surface area contributed by atoms with Gasteiger partial charge in [-0.2, -0.15) is 0 Å². The fourth-order valence-corrected chi connectivity index (χ4v) is 3.53. The zero-order chi connectivity index (χ0) is 13.4. The summed E-state index contributed by atoms with van der Waals surface area (Å²) in [7, 11) is 1.53. The molecular weight excluding hydrogens is 244 g/mol. The number of rotatable bonds is 4. The molecule has 2 aliphatic rings. The fourth-order valence-electron chi connectivity index (χ4n) is 3.53. The number of hydrogen-bond acceptors (Lipinski definition) is 4. The molecule has 2 saturated carbocycles. The van der Waals surface area contributed by atoms with Crippen LogP contribution in [-0.2, 0) is 0 Å². The standard InChI is InChI=1S/C14H18N2O3/c1-19-13-7-11(6-12(8-13)16(17)18)15-14-5-9-2-3-10(14)4-9/h6-10,14-15H,2-5H2,1H3. The number of nitrogens with one attached hydrogen (secondary N) is 1. The van der Waals surface area contributed by atoms with Crippen molar-refractivity contribution >= 4 is 11.4 Å².